The molecule has 3 N–H and O–H groups in total. The van der Waals surface area contributed by atoms with Crippen LogP contribution in [-0.4, -0.2) is 17.1 Å². The van der Waals surface area contributed by atoms with Gasteiger partial charge in [0, 0.05) is 6.42 Å². The fraction of sp³-hybridized carbons (Fsp3) is 0.364. The summed E-state index contributed by atoms with van der Waals surface area (Å²) < 4.78 is 5.49. The molecule has 0 spiro atoms. The van der Waals surface area contributed by atoms with Crippen molar-refractivity contribution in [1.82, 2.24) is 0 Å². The third-order valence-electron chi connectivity index (χ3n) is 1.81. The zero-order chi connectivity index (χ0) is 11.3. The van der Waals surface area contributed by atoms with E-state index in [-0.39, 0.29) is 11.9 Å². The summed E-state index contributed by atoms with van der Waals surface area (Å²) in [5.74, 6) is 1.03. The SMILES string of the molecule is CC(C)Oc1ccc(C/C(N)=N/O)cc1. The molecule has 1 rings (SSSR count). The minimum atomic E-state index is 0.167. The molecular weight excluding hydrogens is 192 g/mol. The summed E-state index contributed by atoms with van der Waals surface area (Å²) in [6.45, 7) is 3.95. The quantitative estimate of drug-likeness (QED) is 0.343. The molecule has 0 aliphatic rings. The number of rotatable bonds is 4. The van der Waals surface area contributed by atoms with Crippen LogP contribution in [0.1, 0.15) is 19.4 Å². The Balaban J connectivity index is 2.64. The van der Waals surface area contributed by atoms with E-state index in [0.717, 1.165) is 11.3 Å². The molecule has 0 bridgehead atoms. The first kappa shape index (κ1) is 11.4. The molecule has 0 saturated heterocycles. The van der Waals surface area contributed by atoms with Crippen LogP contribution in [0, 0.1) is 0 Å². The summed E-state index contributed by atoms with van der Waals surface area (Å²) in [6.07, 6.45) is 0.610. The molecule has 0 aliphatic heterocycles. The number of benzene rings is 1. The van der Waals surface area contributed by atoms with Crippen molar-refractivity contribution in [3.8, 4) is 5.75 Å². The van der Waals surface area contributed by atoms with E-state index in [2.05, 4.69) is 5.16 Å². The van der Waals surface area contributed by atoms with Gasteiger partial charge in [-0.2, -0.15) is 0 Å². The fourth-order valence-corrected chi connectivity index (χ4v) is 1.20. The Morgan fingerprint density at radius 2 is 2.00 bits per heavy atom. The standard InChI is InChI=1S/C11H16N2O2/c1-8(2)15-10-5-3-9(4-6-10)7-11(12)13-14/h3-6,8,14H,7H2,1-2H3,(H2,12,13). The molecule has 0 amide bonds. The maximum Gasteiger partial charge on any atom is 0.143 e. The van der Waals surface area contributed by atoms with Gasteiger partial charge in [-0.05, 0) is 31.5 Å². The molecule has 82 valence electrons. The Morgan fingerprint density at radius 1 is 1.40 bits per heavy atom. The minimum absolute atomic E-state index is 0.167. The predicted octanol–water partition coefficient (Wildman–Crippen LogP) is 1.76. The molecule has 1 aromatic carbocycles. The highest BCUT2D eigenvalue weighted by Gasteiger charge is 2.00. The van der Waals surface area contributed by atoms with Crippen molar-refractivity contribution in [2.45, 2.75) is 26.4 Å². The molecule has 1 aromatic rings. The Hall–Kier alpha value is -1.71. The Kier molecular flexibility index (Phi) is 3.97. The third kappa shape index (κ3) is 3.89. The number of nitrogens with zero attached hydrogens (tertiary/aromatic N) is 1. The lowest BCUT2D eigenvalue weighted by Crippen LogP contribution is -2.14. The zero-order valence-electron chi connectivity index (χ0n) is 8.97. The highest BCUT2D eigenvalue weighted by Crippen LogP contribution is 2.13. The van der Waals surface area contributed by atoms with E-state index in [1.54, 1.807) is 0 Å². The third-order valence-corrected chi connectivity index (χ3v) is 1.81. The van der Waals surface area contributed by atoms with Crippen molar-refractivity contribution in [1.29, 1.82) is 0 Å². The molecule has 15 heavy (non-hydrogen) atoms. The summed E-state index contributed by atoms with van der Waals surface area (Å²) in [4.78, 5) is 0. The molecule has 0 atom stereocenters. The lowest BCUT2D eigenvalue weighted by molar-refractivity contribution is 0.242. The first-order valence-corrected chi connectivity index (χ1v) is 4.84. The van der Waals surface area contributed by atoms with Gasteiger partial charge in [-0.3, -0.25) is 0 Å². The molecule has 0 unspecified atom stereocenters. The van der Waals surface area contributed by atoms with Crippen LogP contribution in [0.15, 0.2) is 29.4 Å². The van der Waals surface area contributed by atoms with Crippen molar-refractivity contribution < 1.29 is 9.94 Å². The number of hydrogen-bond acceptors (Lipinski definition) is 3. The average Bonchev–Trinajstić information content (AvgIpc) is 2.20. The monoisotopic (exact) mass is 208 g/mol. The lowest BCUT2D eigenvalue weighted by Gasteiger charge is -2.09. The highest BCUT2D eigenvalue weighted by atomic mass is 16.5. The Morgan fingerprint density at radius 3 is 2.47 bits per heavy atom. The van der Waals surface area contributed by atoms with Crippen LogP contribution in [0.4, 0.5) is 0 Å². The maximum absolute atomic E-state index is 8.41. The predicted molar refractivity (Wildman–Crippen MR) is 59.3 cm³/mol. The van der Waals surface area contributed by atoms with Crippen molar-refractivity contribution in [3.05, 3.63) is 29.8 Å². The van der Waals surface area contributed by atoms with E-state index in [1.807, 2.05) is 38.1 Å². The van der Waals surface area contributed by atoms with Gasteiger partial charge >= 0.3 is 0 Å². The van der Waals surface area contributed by atoms with Gasteiger partial charge in [-0.15, -0.1) is 0 Å². The van der Waals surface area contributed by atoms with Crippen LogP contribution in [0.2, 0.25) is 0 Å². The fourth-order valence-electron chi connectivity index (χ4n) is 1.20. The molecule has 4 heteroatoms. The number of nitrogens with two attached hydrogens (primary N) is 1. The number of oxime groups is 1. The van der Waals surface area contributed by atoms with Crippen LogP contribution >= 0.6 is 0 Å². The van der Waals surface area contributed by atoms with E-state index in [1.165, 1.54) is 0 Å². The topological polar surface area (TPSA) is 67.8 Å². The van der Waals surface area contributed by atoms with E-state index in [9.17, 15) is 0 Å². The van der Waals surface area contributed by atoms with Crippen LogP contribution < -0.4 is 10.5 Å². The lowest BCUT2D eigenvalue weighted by atomic mass is 10.1. The Labute approximate surface area is 89.4 Å². The van der Waals surface area contributed by atoms with E-state index < -0.39 is 0 Å². The van der Waals surface area contributed by atoms with Crippen LogP contribution in [-0.2, 0) is 6.42 Å². The van der Waals surface area contributed by atoms with Crippen molar-refractivity contribution in [2.75, 3.05) is 0 Å². The normalized spacial score (nSPS) is 11.8. The first-order chi connectivity index (χ1) is 7.11. The largest absolute Gasteiger partial charge is 0.491 e. The summed E-state index contributed by atoms with van der Waals surface area (Å²) >= 11 is 0. The molecule has 4 nitrogen and oxygen atoms in total. The molecule has 0 saturated carbocycles. The first-order valence-electron chi connectivity index (χ1n) is 4.84. The van der Waals surface area contributed by atoms with Crippen LogP contribution in [0.3, 0.4) is 0 Å². The summed E-state index contributed by atoms with van der Waals surface area (Å²) in [7, 11) is 0. The van der Waals surface area contributed by atoms with E-state index in [4.69, 9.17) is 15.7 Å². The maximum atomic E-state index is 8.41. The summed E-state index contributed by atoms with van der Waals surface area (Å²) in [6, 6.07) is 7.55. The van der Waals surface area contributed by atoms with Gasteiger partial charge < -0.3 is 15.7 Å². The summed E-state index contributed by atoms with van der Waals surface area (Å²) in [5, 5.41) is 11.3. The number of hydrogen-bond donors (Lipinski definition) is 2. The molecular formula is C11H16N2O2. The van der Waals surface area contributed by atoms with Gasteiger partial charge in [-0.1, -0.05) is 17.3 Å². The van der Waals surface area contributed by atoms with Crippen molar-refractivity contribution in [3.63, 3.8) is 0 Å². The molecule has 0 fully saturated rings. The second-order valence-corrected chi connectivity index (χ2v) is 3.58. The van der Waals surface area contributed by atoms with Crippen molar-refractivity contribution >= 4 is 5.84 Å². The van der Waals surface area contributed by atoms with Gasteiger partial charge in [0.1, 0.15) is 11.6 Å². The average molecular weight is 208 g/mol. The number of ether oxygens (including phenoxy) is 1. The molecule has 0 aliphatic carbocycles. The van der Waals surface area contributed by atoms with Gasteiger partial charge in [0.2, 0.25) is 0 Å². The van der Waals surface area contributed by atoms with E-state index in [0.29, 0.717) is 6.42 Å². The Bertz CT molecular complexity index is 331. The second kappa shape index (κ2) is 5.24. The molecule has 0 radical (unpaired) electrons. The van der Waals surface area contributed by atoms with Crippen LogP contribution in [0.5, 0.6) is 5.75 Å². The van der Waals surface area contributed by atoms with Gasteiger partial charge in [-0.25, -0.2) is 0 Å². The van der Waals surface area contributed by atoms with Gasteiger partial charge in [0.15, 0.2) is 0 Å². The minimum Gasteiger partial charge on any atom is -0.491 e. The smallest absolute Gasteiger partial charge is 0.143 e. The van der Waals surface area contributed by atoms with Gasteiger partial charge in [0.25, 0.3) is 0 Å². The van der Waals surface area contributed by atoms with Crippen molar-refractivity contribution in [2.24, 2.45) is 10.9 Å². The molecule has 0 aromatic heterocycles. The van der Waals surface area contributed by atoms with E-state index >= 15 is 0 Å². The van der Waals surface area contributed by atoms with Crippen LogP contribution in [0.25, 0.3) is 0 Å². The summed E-state index contributed by atoms with van der Waals surface area (Å²) in [5.41, 5.74) is 6.38. The molecule has 0 heterocycles. The number of amidine groups is 1. The zero-order valence-corrected chi connectivity index (χ0v) is 8.97. The highest BCUT2D eigenvalue weighted by molar-refractivity contribution is 5.81. The second-order valence-electron chi connectivity index (χ2n) is 3.58. The van der Waals surface area contributed by atoms with Gasteiger partial charge in [0.05, 0.1) is 6.10 Å².